The number of halogens is 2. The standard InChI is InChI=1S/C14H14F2N2/c15-11-4-5-14(16)10(7-11)8-12(17)9-13-3-1-2-6-18-13/h1-7,12H,8-9,17H2. The Bertz CT molecular complexity index is 514. The summed E-state index contributed by atoms with van der Waals surface area (Å²) in [5, 5.41) is 0. The van der Waals surface area contributed by atoms with Crippen LogP contribution in [0.2, 0.25) is 0 Å². The summed E-state index contributed by atoms with van der Waals surface area (Å²) in [5.74, 6) is -0.871. The van der Waals surface area contributed by atoms with Crippen molar-refractivity contribution in [1.82, 2.24) is 4.98 Å². The molecule has 18 heavy (non-hydrogen) atoms. The van der Waals surface area contributed by atoms with Gasteiger partial charge in [0.2, 0.25) is 0 Å². The maximum atomic E-state index is 13.4. The Labute approximate surface area is 104 Å². The Kier molecular flexibility index (Phi) is 3.99. The first-order valence-corrected chi connectivity index (χ1v) is 5.74. The van der Waals surface area contributed by atoms with Gasteiger partial charge in [-0.05, 0) is 42.3 Å². The third-order valence-corrected chi connectivity index (χ3v) is 2.69. The largest absolute Gasteiger partial charge is 0.327 e. The fourth-order valence-corrected chi connectivity index (χ4v) is 1.84. The summed E-state index contributed by atoms with van der Waals surface area (Å²) in [7, 11) is 0. The third kappa shape index (κ3) is 3.34. The molecule has 0 spiro atoms. The number of pyridine rings is 1. The molecule has 1 aromatic carbocycles. The second kappa shape index (κ2) is 5.69. The van der Waals surface area contributed by atoms with Crippen LogP contribution in [0, 0.1) is 11.6 Å². The van der Waals surface area contributed by atoms with Crippen molar-refractivity contribution in [3.05, 3.63) is 65.5 Å². The molecule has 2 rings (SSSR count). The molecule has 0 aliphatic heterocycles. The van der Waals surface area contributed by atoms with Crippen molar-refractivity contribution >= 4 is 0 Å². The van der Waals surface area contributed by atoms with Crippen LogP contribution in [0.3, 0.4) is 0 Å². The molecule has 1 aromatic heterocycles. The summed E-state index contributed by atoms with van der Waals surface area (Å²) >= 11 is 0. The van der Waals surface area contributed by atoms with Gasteiger partial charge in [0.25, 0.3) is 0 Å². The molecule has 2 nitrogen and oxygen atoms in total. The van der Waals surface area contributed by atoms with Gasteiger partial charge in [-0.15, -0.1) is 0 Å². The number of hydrogen-bond donors (Lipinski definition) is 1. The number of hydrogen-bond acceptors (Lipinski definition) is 2. The van der Waals surface area contributed by atoms with Gasteiger partial charge in [-0.3, -0.25) is 4.98 Å². The van der Waals surface area contributed by atoms with Crippen LogP contribution in [0.5, 0.6) is 0 Å². The van der Waals surface area contributed by atoms with E-state index in [4.69, 9.17) is 5.73 Å². The first-order chi connectivity index (χ1) is 8.65. The fraction of sp³-hybridized carbons (Fsp3) is 0.214. The Balaban J connectivity index is 2.03. The molecule has 2 N–H and O–H groups in total. The van der Waals surface area contributed by atoms with Crippen molar-refractivity contribution in [3.8, 4) is 0 Å². The number of aromatic nitrogens is 1. The van der Waals surface area contributed by atoms with Gasteiger partial charge < -0.3 is 5.73 Å². The minimum atomic E-state index is -0.448. The van der Waals surface area contributed by atoms with E-state index in [9.17, 15) is 8.78 Å². The molecular weight excluding hydrogens is 234 g/mol. The highest BCUT2D eigenvalue weighted by Crippen LogP contribution is 2.12. The Hall–Kier alpha value is -1.81. The first kappa shape index (κ1) is 12.6. The number of rotatable bonds is 4. The SMILES string of the molecule is NC(Cc1ccccn1)Cc1cc(F)ccc1F. The maximum Gasteiger partial charge on any atom is 0.126 e. The van der Waals surface area contributed by atoms with Gasteiger partial charge in [0.05, 0.1) is 0 Å². The molecular formula is C14H14F2N2. The number of nitrogens with two attached hydrogens (primary N) is 1. The lowest BCUT2D eigenvalue weighted by Crippen LogP contribution is -2.26. The van der Waals surface area contributed by atoms with Crippen molar-refractivity contribution in [2.24, 2.45) is 5.73 Å². The third-order valence-electron chi connectivity index (χ3n) is 2.69. The number of nitrogens with zero attached hydrogens (tertiary/aromatic N) is 1. The highest BCUT2D eigenvalue weighted by Gasteiger charge is 2.10. The van der Waals surface area contributed by atoms with Crippen LogP contribution in [0.1, 0.15) is 11.3 Å². The second-order valence-corrected chi connectivity index (χ2v) is 4.23. The van der Waals surface area contributed by atoms with Crippen LogP contribution in [0.25, 0.3) is 0 Å². The van der Waals surface area contributed by atoms with E-state index in [1.807, 2.05) is 18.2 Å². The zero-order chi connectivity index (χ0) is 13.0. The molecule has 0 saturated heterocycles. The fourth-order valence-electron chi connectivity index (χ4n) is 1.84. The zero-order valence-corrected chi connectivity index (χ0v) is 9.81. The molecule has 1 unspecified atom stereocenters. The van der Waals surface area contributed by atoms with Gasteiger partial charge in [-0.2, -0.15) is 0 Å². The Morgan fingerprint density at radius 2 is 1.94 bits per heavy atom. The minimum Gasteiger partial charge on any atom is -0.327 e. The quantitative estimate of drug-likeness (QED) is 0.902. The van der Waals surface area contributed by atoms with E-state index < -0.39 is 11.6 Å². The smallest absolute Gasteiger partial charge is 0.126 e. The lowest BCUT2D eigenvalue weighted by molar-refractivity contribution is 0.564. The van der Waals surface area contributed by atoms with E-state index in [2.05, 4.69) is 4.98 Å². The molecule has 0 amide bonds. The van der Waals surface area contributed by atoms with E-state index in [0.717, 1.165) is 17.8 Å². The molecule has 0 aliphatic carbocycles. The van der Waals surface area contributed by atoms with Gasteiger partial charge in [0.15, 0.2) is 0 Å². The minimum absolute atomic E-state index is 0.281. The Morgan fingerprint density at radius 1 is 1.11 bits per heavy atom. The van der Waals surface area contributed by atoms with Crippen LogP contribution in [-0.4, -0.2) is 11.0 Å². The molecule has 2 aromatic rings. The highest BCUT2D eigenvalue weighted by atomic mass is 19.1. The summed E-state index contributed by atoms with van der Waals surface area (Å²) in [4.78, 5) is 4.15. The number of benzene rings is 1. The topological polar surface area (TPSA) is 38.9 Å². The molecule has 1 heterocycles. The van der Waals surface area contributed by atoms with Crippen LogP contribution in [-0.2, 0) is 12.8 Å². The summed E-state index contributed by atoms with van der Waals surface area (Å²) in [6.45, 7) is 0. The van der Waals surface area contributed by atoms with E-state index >= 15 is 0 Å². The van der Waals surface area contributed by atoms with E-state index in [1.54, 1.807) is 6.20 Å². The lowest BCUT2D eigenvalue weighted by Gasteiger charge is -2.11. The predicted octanol–water partition coefficient (Wildman–Crippen LogP) is 2.47. The average molecular weight is 248 g/mol. The molecule has 1 atom stereocenters. The van der Waals surface area contributed by atoms with Crippen molar-refractivity contribution in [3.63, 3.8) is 0 Å². The first-order valence-electron chi connectivity index (χ1n) is 5.74. The van der Waals surface area contributed by atoms with Crippen LogP contribution >= 0.6 is 0 Å². The molecule has 0 saturated carbocycles. The summed E-state index contributed by atoms with van der Waals surface area (Å²) in [6, 6.07) is 8.69. The van der Waals surface area contributed by atoms with Crippen LogP contribution in [0.4, 0.5) is 8.78 Å². The van der Waals surface area contributed by atoms with Gasteiger partial charge in [0.1, 0.15) is 11.6 Å². The second-order valence-electron chi connectivity index (χ2n) is 4.23. The summed E-state index contributed by atoms with van der Waals surface area (Å²) in [6.07, 6.45) is 2.52. The van der Waals surface area contributed by atoms with E-state index in [1.165, 1.54) is 6.07 Å². The van der Waals surface area contributed by atoms with Crippen molar-refractivity contribution in [1.29, 1.82) is 0 Å². The molecule has 0 aliphatic rings. The summed E-state index contributed by atoms with van der Waals surface area (Å²) in [5.41, 5.74) is 7.08. The maximum absolute atomic E-state index is 13.4. The van der Waals surface area contributed by atoms with Gasteiger partial charge >= 0.3 is 0 Å². The van der Waals surface area contributed by atoms with Crippen molar-refractivity contribution in [2.45, 2.75) is 18.9 Å². The lowest BCUT2D eigenvalue weighted by atomic mass is 10.0. The van der Waals surface area contributed by atoms with E-state index in [0.29, 0.717) is 18.4 Å². The molecule has 94 valence electrons. The summed E-state index contributed by atoms with van der Waals surface area (Å²) < 4.78 is 26.4. The Morgan fingerprint density at radius 3 is 2.67 bits per heavy atom. The highest BCUT2D eigenvalue weighted by molar-refractivity contribution is 5.20. The van der Waals surface area contributed by atoms with Gasteiger partial charge in [-0.1, -0.05) is 6.07 Å². The van der Waals surface area contributed by atoms with Gasteiger partial charge in [-0.25, -0.2) is 8.78 Å². The van der Waals surface area contributed by atoms with E-state index in [-0.39, 0.29) is 6.04 Å². The van der Waals surface area contributed by atoms with Crippen LogP contribution in [0.15, 0.2) is 42.6 Å². The zero-order valence-electron chi connectivity index (χ0n) is 9.81. The molecule has 0 radical (unpaired) electrons. The van der Waals surface area contributed by atoms with Crippen molar-refractivity contribution in [2.75, 3.05) is 0 Å². The predicted molar refractivity (Wildman–Crippen MR) is 66.0 cm³/mol. The normalized spacial score (nSPS) is 12.4. The molecule has 0 fully saturated rings. The average Bonchev–Trinajstić information content (AvgIpc) is 2.35. The van der Waals surface area contributed by atoms with Gasteiger partial charge in [0, 0.05) is 24.4 Å². The monoisotopic (exact) mass is 248 g/mol. The molecule has 4 heteroatoms. The van der Waals surface area contributed by atoms with Crippen molar-refractivity contribution < 1.29 is 8.78 Å². The molecule has 0 bridgehead atoms. The van der Waals surface area contributed by atoms with Crippen LogP contribution < -0.4 is 5.73 Å².